The molecule has 1 saturated heterocycles. The molecule has 1 heterocycles. The zero-order valence-corrected chi connectivity index (χ0v) is 10.3. The van der Waals surface area contributed by atoms with Gasteiger partial charge in [-0.25, -0.2) is 0 Å². The predicted octanol–water partition coefficient (Wildman–Crippen LogP) is 1.78. The van der Waals surface area contributed by atoms with Crippen LogP contribution in [0.1, 0.15) is 46.5 Å². The normalized spacial score (nSPS) is 21.1. The van der Waals surface area contributed by atoms with Crippen molar-refractivity contribution in [1.82, 2.24) is 10.2 Å². The number of rotatable bonds is 3. The van der Waals surface area contributed by atoms with E-state index in [1.54, 1.807) is 0 Å². The lowest BCUT2D eigenvalue weighted by Gasteiger charge is -2.27. The van der Waals surface area contributed by atoms with Crippen molar-refractivity contribution in [3.05, 3.63) is 0 Å². The van der Waals surface area contributed by atoms with Crippen LogP contribution in [0.15, 0.2) is 0 Å². The molecule has 1 aliphatic heterocycles. The molecule has 1 atom stereocenters. The van der Waals surface area contributed by atoms with Gasteiger partial charge in [0.1, 0.15) is 0 Å². The van der Waals surface area contributed by atoms with Gasteiger partial charge in [0, 0.05) is 6.04 Å². The first-order valence-electron chi connectivity index (χ1n) is 6.15. The second-order valence-electron chi connectivity index (χ2n) is 4.79. The van der Waals surface area contributed by atoms with E-state index >= 15 is 0 Å². The number of carbonyl (C=O) groups is 1. The Morgan fingerprint density at radius 1 is 1.07 bits per heavy atom. The van der Waals surface area contributed by atoms with Crippen molar-refractivity contribution < 1.29 is 4.79 Å². The molecule has 1 fully saturated rings. The molecule has 0 radical (unpaired) electrons. The minimum absolute atomic E-state index is 0.0329. The van der Waals surface area contributed by atoms with Gasteiger partial charge in [0.15, 0.2) is 0 Å². The minimum atomic E-state index is 0.0329. The molecule has 1 unspecified atom stereocenters. The largest absolute Gasteiger partial charge is 0.353 e. The predicted molar refractivity (Wildman–Crippen MR) is 62.8 cm³/mol. The molecule has 0 saturated carbocycles. The molecule has 0 aliphatic carbocycles. The molecule has 0 aromatic rings. The fraction of sp³-hybridized carbons (Fsp3) is 0.917. The maximum atomic E-state index is 11.8. The number of hydrogen-bond acceptors (Lipinski definition) is 2. The highest BCUT2D eigenvalue weighted by Gasteiger charge is 2.21. The van der Waals surface area contributed by atoms with Gasteiger partial charge in [0.25, 0.3) is 0 Å². The molecule has 3 nitrogen and oxygen atoms in total. The zero-order valence-electron chi connectivity index (χ0n) is 10.3. The summed E-state index contributed by atoms with van der Waals surface area (Å²) in [6.45, 7) is 8.18. The van der Waals surface area contributed by atoms with Crippen molar-refractivity contribution in [2.45, 2.75) is 58.5 Å². The summed E-state index contributed by atoms with van der Waals surface area (Å²) >= 11 is 0. The fourth-order valence-corrected chi connectivity index (χ4v) is 2.05. The van der Waals surface area contributed by atoms with Crippen molar-refractivity contribution in [2.24, 2.45) is 0 Å². The van der Waals surface area contributed by atoms with Crippen LogP contribution < -0.4 is 5.32 Å². The van der Waals surface area contributed by atoms with E-state index in [1.807, 2.05) is 20.8 Å². The van der Waals surface area contributed by atoms with E-state index in [1.165, 1.54) is 25.7 Å². The Hall–Kier alpha value is -0.570. The molecule has 3 heteroatoms. The Bertz CT molecular complexity index is 196. The van der Waals surface area contributed by atoms with Gasteiger partial charge in [0.2, 0.25) is 5.91 Å². The van der Waals surface area contributed by atoms with E-state index < -0.39 is 0 Å². The molecular formula is C12H24N2O. The second-order valence-corrected chi connectivity index (χ2v) is 4.79. The highest BCUT2D eigenvalue weighted by molar-refractivity contribution is 5.81. The van der Waals surface area contributed by atoms with Gasteiger partial charge in [-0.1, -0.05) is 12.8 Å². The van der Waals surface area contributed by atoms with E-state index in [0.29, 0.717) is 0 Å². The second kappa shape index (κ2) is 6.11. The van der Waals surface area contributed by atoms with Crippen molar-refractivity contribution in [1.29, 1.82) is 0 Å². The molecule has 1 amide bonds. The molecule has 88 valence electrons. The third-order valence-electron chi connectivity index (χ3n) is 3.00. The first kappa shape index (κ1) is 12.5. The average Bonchev–Trinajstić information content (AvgIpc) is 2.43. The van der Waals surface area contributed by atoms with Crippen LogP contribution in [0.25, 0.3) is 0 Å². The van der Waals surface area contributed by atoms with Crippen LogP contribution in [0.2, 0.25) is 0 Å². The number of amides is 1. The summed E-state index contributed by atoms with van der Waals surface area (Å²) in [4.78, 5) is 14.1. The first-order valence-corrected chi connectivity index (χ1v) is 6.15. The van der Waals surface area contributed by atoms with E-state index in [9.17, 15) is 4.79 Å². The summed E-state index contributed by atoms with van der Waals surface area (Å²) in [5.41, 5.74) is 0. The Morgan fingerprint density at radius 2 is 1.60 bits per heavy atom. The third kappa shape index (κ3) is 4.20. The van der Waals surface area contributed by atoms with Gasteiger partial charge >= 0.3 is 0 Å². The Morgan fingerprint density at radius 3 is 2.07 bits per heavy atom. The van der Waals surface area contributed by atoms with Crippen LogP contribution in [0, 0.1) is 0 Å². The summed E-state index contributed by atoms with van der Waals surface area (Å²) < 4.78 is 0. The Labute approximate surface area is 93.2 Å². The quantitative estimate of drug-likeness (QED) is 0.773. The standard InChI is InChI=1S/C12H24N2O/c1-10(2)13-12(15)11(3)14-8-6-4-5-7-9-14/h10-11H,4-9H2,1-3H3,(H,13,15). The van der Waals surface area contributed by atoms with E-state index in [0.717, 1.165) is 13.1 Å². The highest BCUT2D eigenvalue weighted by atomic mass is 16.2. The van der Waals surface area contributed by atoms with Crippen molar-refractivity contribution >= 4 is 5.91 Å². The van der Waals surface area contributed by atoms with Crippen molar-refractivity contribution in [2.75, 3.05) is 13.1 Å². The maximum Gasteiger partial charge on any atom is 0.237 e. The summed E-state index contributed by atoms with van der Waals surface area (Å²) in [6, 6.07) is 0.275. The number of hydrogen-bond donors (Lipinski definition) is 1. The molecule has 1 aliphatic rings. The molecule has 1 N–H and O–H groups in total. The van der Waals surface area contributed by atoms with Gasteiger partial charge in [-0.2, -0.15) is 0 Å². The number of likely N-dealkylation sites (tertiary alicyclic amines) is 1. The average molecular weight is 212 g/mol. The third-order valence-corrected chi connectivity index (χ3v) is 3.00. The number of nitrogens with one attached hydrogen (secondary N) is 1. The maximum absolute atomic E-state index is 11.8. The van der Waals surface area contributed by atoms with Gasteiger partial charge in [0.05, 0.1) is 6.04 Å². The molecule has 0 aromatic carbocycles. The van der Waals surface area contributed by atoms with E-state index in [2.05, 4.69) is 10.2 Å². The SMILES string of the molecule is CC(C)NC(=O)C(C)N1CCCCCC1. The van der Waals surface area contributed by atoms with Gasteiger partial charge < -0.3 is 5.32 Å². The van der Waals surface area contributed by atoms with Crippen LogP contribution >= 0.6 is 0 Å². The fourth-order valence-electron chi connectivity index (χ4n) is 2.05. The molecule has 1 rings (SSSR count). The molecule has 0 aromatic heterocycles. The van der Waals surface area contributed by atoms with Crippen molar-refractivity contribution in [3.63, 3.8) is 0 Å². The van der Waals surface area contributed by atoms with E-state index in [-0.39, 0.29) is 18.0 Å². The number of carbonyl (C=O) groups excluding carboxylic acids is 1. The van der Waals surface area contributed by atoms with Crippen LogP contribution in [0.3, 0.4) is 0 Å². The lowest BCUT2D eigenvalue weighted by Crippen LogP contribution is -2.47. The first-order chi connectivity index (χ1) is 7.11. The van der Waals surface area contributed by atoms with Crippen molar-refractivity contribution in [3.8, 4) is 0 Å². The van der Waals surface area contributed by atoms with E-state index in [4.69, 9.17) is 0 Å². The molecular weight excluding hydrogens is 188 g/mol. The minimum Gasteiger partial charge on any atom is -0.353 e. The Kier molecular flexibility index (Phi) is 5.09. The summed E-state index contributed by atoms with van der Waals surface area (Å²) in [7, 11) is 0. The summed E-state index contributed by atoms with van der Waals surface area (Å²) in [5.74, 6) is 0.173. The molecule has 15 heavy (non-hydrogen) atoms. The van der Waals surface area contributed by atoms with Crippen LogP contribution in [0.4, 0.5) is 0 Å². The lowest BCUT2D eigenvalue weighted by atomic mass is 10.2. The van der Waals surface area contributed by atoms with Crippen LogP contribution in [-0.2, 0) is 4.79 Å². The molecule has 0 spiro atoms. The Balaban J connectivity index is 2.42. The van der Waals surface area contributed by atoms with Gasteiger partial charge in [-0.05, 0) is 46.7 Å². The van der Waals surface area contributed by atoms with Crippen LogP contribution in [-0.4, -0.2) is 36.0 Å². The number of nitrogens with zero attached hydrogens (tertiary/aromatic N) is 1. The van der Waals surface area contributed by atoms with Crippen LogP contribution in [0.5, 0.6) is 0 Å². The topological polar surface area (TPSA) is 32.3 Å². The van der Waals surface area contributed by atoms with Gasteiger partial charge in [-0.15, -0.1) is 0 Å². The lowest BCUT2D eigenvalue weighted by molar-refractivity contribution is -0.126. The summed E-state index contributed by atoms with van der Waals surface area (Å²) in [5, 5.41) is 2.98. The summed E-state index contributed by atoms with van der Waals surface area (Å²) in [6.07, 6.45) is 5.10. The zero-order chi connectivity index (χ0) is 11.3. The smallest absolute Gasteiger partial charge is 0.237 e. The monoisotopic (exact) mass is 212 g/mol. The molecule has 0 bridgehead atoms. The highest BCUT2D eigenvalue weighted by Crippen LogP contribution is 2.12. The van der Waals surface area contributed by atoms with Gasteiger partial charge in [-0.3, -0.25) is 9.69 Å².